The second-order valence-corrected chi connectivity index (χ2v) is 9.70. The second-order valence-electron chi connectivity index (χ2n) is 9.70. The summed E-state index contributed by atoms with van der Waals surface area (Å²) in [6.45, 7) is 3.25. The van der Waals surface area contributed by atoms with Gasteiger partial charge >= 0.3 is 0 Å². The van der Waals surface area contributed by atoms with Gasteiger partial charge in [-0.2, -0.15) is 5.10 Å². The number of carbonyl (C=O) groups is 1. The topological polar surface area (TPSA) is 74.3 Å². The molecule has 5 rings (SSSR count). The molecule has 1 N–H and O–H groups in total. The number of fused-ring (bicyclic) bond motifs is 1. The monoisotopic (exact) mass is 537 g/mol. The number of carbonyl (C=O) groups excluding carboxylic acids is 1. The first-order valence-corrected chi connectivity index (χ1v) is 13.0. The van der Waals surface area contributed by atoms with E-state index in [4.69, 9.17) is 4.74 Å². The molecule has 0 radical (unpaired) electrons. The molecule has 2 aromatic carbocycles. The number of halogens is 3. The fourth-order valence-electron chi connectivity index (χ4n) is 5.01. The molecule has 10 heteroatoms. The second kappa shape index (κ2) is 11.9. The fourth-order valence-corrected chi connectivity index (χ4v) is 5.01. The Morgan fingerprint density at radius 1 is 1.13 bits per heavy atom. The van der Waals surface area contributed by atoms with E-state index in [0.717, 1.165) is 16.5 Å². The van der Waals surface area contributed by atoms with Crippen LogP contribution in [0.5, 0.6) is 5.75 Å². The number of rotatable bonds is 9. The first-order valence-electron chi connectivity index (χ1n) is 13.0. The zero-order valence-corrected chi connectivity index (χ0v) is 21.6. The predicted octanol–water partition coefficient (Wildman–Crippen LogP) is 5.19. The minimum Gasteiger partial charge on any atom is -0.493 e. The first kappa shape index (κ1) is 26.7. The van der Waals surface area contributed by atoms with Crippen molar-refractivity contribution in [2.45, 2.75) is 32.2 Å². The number of nitrogens with zero attached hydrogens (tertiary/aromatic N) is 4. The highest BCUT2D eigenvalue weighted by Crippen LogP contribution is 2.32. The van der Waals surface area contributed by atoms with Crippen LogP contribution in [0.15, 0.2) is 61.1 Å². The SMILES string of the molecule is CCOc1cc(C(=O)N(CCN2C[C@H](F)C[C@H](F)C2)Cc2cncc3cn[nH]c23)ccc1-c1cccc(F)c1. The maximum atomic E-state index is 14.0. The summed E-state index contributed by atoms with van der Waals surface area (Å²) < 4.78 is 47.8. The Hall–Kier alpha value is -3.92. The van der Waals surface area contributed by atoms with Crippen molar-refractivity contribution in [3.05, 3.63) is 78.0 Å². The molecule has 204 valence electrons. The molecule has 1 amide bonds. The van der Waals surface area contributed by atoms with E-state index < -0.39 is 12.3 Å². The van der Waals surface area contributed by atoms with E-state index in [2.05, 4.69) is 15.2 Å². The standard InChI is InChI=1S/C29H30F3N5O2/c1-2-39-27-11-20(6-7-26(27)19-4-3-5-23(30)10-19)29(38)37(9-8-36-17-24(31)12-25(32)18-36)16-22-14-33-13-21-15-34-35-28(21)22/h3-7,10-11,13-15,24-25H,2,8-9,12,16-18H2,1H3,(H,34,35)/t24-,25+. The average Bonchev–Trinajstić information content (AvgIpc) is 3.40. The normalized spacial score (nSPS) is 17.8. The molecule has 4 aromatic rings. The number of benzene rings is 2. The number of hydrogen-bond donors (Lipinski definition) is 1. The van der Waals surface area contributed by atoms with Crippen LogP contribution in [0.25, 0.3) is 22.0 Å². The van der Waals surface area contributed by atoms with Crippen molar-refractivity contribution < 1.29 is 22.7 Å². The summed E-state index contributed by atoms with van der Waals surface area (Å²) in [6.07, 6.45) is 2.47. The minimum atomic E-state index is -1.23. The lowest BCUT2D eigenvalue weighted by Gasteiger charge is -2.33. The zero-order valence-electron chi connectivity index (χ0n) is 21.6. The van der Waals surface area contributed by atoms with Gasteiger partial charge < -0.3 is 9.64 Å². The number of likely N-dealkylation sites (tertiary alicyclic amines) is 1. The average molecular weight is 538 g/mol. The lowest BCUT2D eigenvalue weighted by molar-refractivity contribution is 0.0571. The molecular formula is C29H30F3N5O2. The third kappa shape index (κ3) is 6.22. The van der Waals surface area contributed by atoms with Gasteiger partial charge in [-0.3, -0.25) is 19.8 Å². The highest BCUT2D eigenvalue weighted by molar-refractivity contribution is 5.96. The van der Waals surface area contributed by atoms with Crippen LogP contribution >= 0.6 is 0 Å². The maximum absolute atomic E-state index is 14.0. The summed E-state index contributed by atoms with van der Waals surface area (Å²) in [5.74, 6) is -0.182. The van der Waals surface area contributed by atoms with Gasteiger partial charge in [0.1, 0.15) is 23.9 Å². The van der Waals surface area contributed by atoms with Crippen LogP contribution in [0.1, 0.15) is 29.3 Å². The molecule has 0 bridgehead atoms. The van der Waals surface area contributed by atoms with Crippen molar-refractivity contribution in [2.24, 2.45) is 0 Å². The molecule has 1 fully saturated rings. The summed E-state index contributed by atoms with van der Waals surface area (Å²) in [5, 5.41) is 7.85. The number of aromatic nitrogens is 3. The molecule has 1 saturated heterocycles. The van der Waals surface area contributed by atoms with Gasteiger partial charge in [-0.05, 0) is 42.8 Å². The third-order valence-electron chi connectivity index (χ3n) is 6.86. The predicted molar refractivity (Wildman–Crippen MR) is 142 cm³/mol. The van der Waals surface area contributed by atoms with Crippen LogP contribution < -0.4 is 4.74 Å². The Morgan fingerprint density at radius 3 is 2.72 bits per heavy atom. The molecule has 1 aliphatic rings. The van der Waals surface area contributed by atoms with Gasteiger partial charge in [0.25, 0.3) is 5.91 Å². The van der Waals surface area contributed by atoms with Crippen LogP contribution in [-0.4, -0.2) is 76.0 Å². The van der Waals surface area contributed by atoms with E-state index in [-0.39, 0.29) is 44.3 Å². The number of H-pyrrole nitrogens is 1. The van der Waals surface area contributed by atoms with Gasteiger partial charge in [0.05, 0.1) is 18.3 Å². The van der Waals surface area contributed by atoms with Crippen molar-refractivity contribution >= 4 is 16.8 Å². The lowest BCUT2D eigenvalue weighted by atomic mass is 10.0. The highest BCUT2D eigenvalue weighted by atomic mass is 19.1. The van der Waals surface area contributed by atoms with Gasteiger partial charge in [0.15, 0.2) is 0 Å². The molecule has 2 atom stereocenters. The Labute approximate surface area is 224 Å². The smallest absolute Gasteiger partial charge is 0.254 e. The van der Waals surface area contributed by atoms with Crippen molar-refractivity contribution in [1.82, 2.24) is 25.0 Å². The van der Waals surface area contributed by atoms with Crippen LogP contribution in [0, 0.1) is 5.82 Å². The summed E-state index contributed by atoms with van der Waals surface area (Å²) in [5.41, 5.74) is 3.23. The Bertz CT molecular complexity index is 1440. The first-order chi connectivity index (χ1) is 18.9. The largest absolute Gasteiger partial charge is 0.493 e. The number of ether oxygens (including phenoxy) is 1. The molecule has 0 saturated carbocycles. The molecule has 2 aromatic heterocycles. The number of aromatic amines is 1. The van der Waals surface area contributed by atoms with E-state index in [1.54, 1.807) is 58.7 Å². The van der Waals surface area contributed by atoms with Crippen molar-refractivity contribution in [3.63, 3.8) is 0 Å². The number of piperidine rings is 1. The molecule has 1 aliphatic heterocycles. The summed E-state index contributed by atoms with van der Waals surface area (Å²) >= 11 is 0. The van der Waals surface area contributed by atoms with Crippen molar-refractivity contribution in [3.8, 4) is 16.9 Å². The van der Waals surface area contributed by atoms with Gasteiger partial charge in [0.2, 0.25) is 0 Å². The van der Waals surface area contributed by atoms with Gasteiger partial charge in [-0.1, -0.05) is 12.1 Å². The minimum absolute atomic E-state index is 0.0928. The van der Waals surface area contributed by atoms with E-state index in [1.165, 1.54) is 12.1 Å². The Balaban J connectivity index is 1.44. The van der Waals surface area contributed by atoms with Gasteiger partial charge in [0, 0.05) is 73.6 Å². The highest BCUT2D eigenvalue weighted by Gasteiger charge is 2.28. The summed E-state index contributed by atoms with van der Waals surface area (Å²) in [6, 6.07) is 11.3. The summed E-state index contributed by atoms with van der Waals surface area (Å²) in [7, 11) is 0. The molecular weight excluding hydrogens is 507 g/mol. The van der Waals surface area contributed by atoms with E-state index in [1.807, 2.05) is 6.92 Å². The van der Waals surface area contributed by atoms with Crippen molar-refractivity contribution in [2.75, 3.05) is 32.8 Å². The molecule has 0 unspecified atom stereocenters. The molecule has 3 heterocycles. The van der Waals surface area contributed by atoms with Crippen LogP contribution in [-0.2, 0) is 6.54 Å². The lowest BCUT2D eigenvalue weighted by Crippen LogP contribution is -2.46. The van der Waals surface area contributed by atoms with E-state index in [9.17, 15) is 18.0 Å². The molecule has 39 heavy (non-hydrogen) atoms. The third-order valence-corrected chi connectivity index (χ3v) is 6.86. The number of amides is 1. The molecule has 7 nitrogen and oxygen atoms in total. The molecule has 0 aliphatic carbocycles. The summed E-state index contributed by atoms with van der Waals surface area (Å²) in [4.78, 5) is 21.5. The zero-order chi connectivity index (χ0) is 27.4. The van der Waals surface area contributed by atoms with Gasteiger partial charge in [-0.25, -0.2) is 13.2 Å². The van der Waals surface area contributed by atoms with Crippen LogP contribution in [0.2, 0.25) is 0 Å². The number of pyridine rings is 1. The van der Waals surface area contributed by atoms with Crippen molar-refractivity contribution in [1.29, 1.82) is 0 Å². The van der Waals surface area contributed by atoms with E-state index >= 15 is 0 Å². The quantitative estimate of drug-likeness (QED) is 0.318. The number of hydrogen-bond acceptors (Lipinski definition) is 5. The van der Waals surface area contributed by atoms with Gasteiger partial charge in [-0.15, -0.1) is 0 Å². The number of alkyl halides is 2. The van der Waals surface area contributed by atoms with E-state index in [0.29, 0.717) is 35.6 Å². The Kier molecular flexibility index (Phi) is 8.11. The maximum Gasteiger partial charge on any atom is 0.254 e. The Morgan fingerprint density at radius 2 is 1.95 bits per heavy atom. The number of nitrogens with one attached hydrogen (secondary N) is 1. The molecule has 0 spiro atoms. The fraction of sp³-hybridized carbons (Fsp3) is 0.345. The van der Waals surface area contributed by atoms with Crippen LogP contribution in [0.4, 0.5) is 13.2 Å². The van der Waals surface area contributed by atoms with Crippen LogP contribution in [0.3, 0.4) is 0 Å².